The minimum atomic E-state index is -0.543. The summed E-state index contributed by atoms with van der Waals surface area (Å²) in [5.41, 5.74) is 3.09. The summed E-state index contributed by atoms with van der Waals surface area (Å²) in [5, 5.41) is 5.70. The standard InChI is InChI=1S/C22H24ClN3O4/c1-13-4-6-17(16(23)8-13)25-20(27)11-24-22(29)15-10-21(28)26(12-15)18-9-14(2)5-7-19(18)30-3/h4-9,15H,10-12H2,1-3H3,(H,24,29)(H,25,27)/t15-/m1/s1. The van der Waals surface area contributed by atoms with Crippen molar-refractivity contribution in [2.75, 3.05) is 30.4 Å². The fraction of sp³-hybridized carbons (Fsp3) is 0.318. The number of ether oxygens (including phenoxy) is 1. The fourth-order valence-corrected chi connectivity index (χ4v) is 3.64. The molecule has 0 aliphatic carbocycles. The van der Waals surface area contributed by atoms with Crippen LogP contribution in [0.4, 0.5) is 11.4 Å². The van der Waals surface area contributed by atoms with Crippen LogP contribution >= 0.6 is 11.6 Å². The summed E-state index contributed by atoms with van der Waals surface area (Å²) in [6, 6.07) is 10.8. The normalized spacial score (nSPS) is 15.8. The van der Waals surface area contributed by atoms with Gasteiger partial charge in [0.1, 0.15) is 5.75 Å². The fourth-order valence-electron chi connectivity index (χ4n) is 3.35. The number of nitrogens with zero attached hydrogens (tertiary/aromatic N) is 1. The van der Waals surface area contributed by atoms with Crippen LogP contribution in [0, 0.1) is 19.8 Å². The monoisotopic (exact) mass is 429 g/mol. The highest BCUT2D eigenvalue weighted by atomic mass is 35.5. The molecule has 2 aromatic rings. The number of rotatable bonds is 6. The van der Waals surface area contributed by atoms with Crippen LogP contribution in [0.5, 0.6) is 5.75 Å². The van der Waals surface area contributed by atoms with E-state index >= 15 is 0 Å². The van der Waals surface area contributed by atoms with Gasteiger partial charge >= 0.3 is 0 Å². The van der Waals surface area contributed by atoms with Crippen LogP contribution in [-0.2, 0) is 14.4 Å². The molecule has 1 aliphatic heterocycles. The molecular weight excluding hydrogens is 406 g/mol. The third-order valence-electron chi connectivity index (χ3n) is 4.94. The maximum atomic E-state index is 12.5. The van der Waals surface area contributed by atoms with Crippen LogP contribution in [0.2, 0.25) is 5.02 Å². The Morgan fingerprint density at radius 1 is 1.17 bits per heavy atom. The van der Waals surface area contributed by atoms with Crippen molar-refractivity contribution >= 4 is 40.7 Å². The van der Waals surface area contributed by atoms with E-state index in [-0.39, 0.29) is 31.3 Å². The Morgan fingerprint density at radius 3 is 2.57 bits per heavy atom. The van der Waals surface area contributed by atoms with E-state index in [4.69, 9.17) is 16.3 Å². The molecule has 0 aromatic heterocycles. The minimum absolute atomic E-state index is 0.0777. The Morgan fingerprint density at radius 2 is 1.87 bits per heavy atom. The third kappa shape index (κ3) is 4.91. The highest BCUT2D eigenvalue weighted by Gasteiger charge is 2.36. The van der Waals surface area contributed by atoms with Crippen molar-refractivity contribution in [1.82, 2.24) is 5.32 Å². The van der Waals surface area contributed by atoms with Crippen molar-refractivity contribution in [2.24, 2.45) is 5.92 Å². The summed E-state index contributed by atoms with van der Waals surface area (Å²) in [6.07, 6.45) is 0.0777. The van der Waals surface area contributed by atoms with Crippen molar-refractivity contribution in [3.05, 3.63) is 52.5 Å². The summed E-state index contributed by atoms with van der Waals surface area (Å²) in [6.45, 7) is 3.85. The molecule has 1 saturated heterocycles. The molecule has 2 aromatic carbocycles. The maximum Gasteiger partial charge on any atom is 0.243 e. The Bertz CT molecular complexity index is 992. The van der Waals surface area contributed by atoms with Crippen molar-refractivity contribution in [2.45, 2.75) is 20.3 Å². The second-order valence-corrected chi connectivity index (χ2v) is 7.74. The first-order valence-corrected chi connectivity index (χ1v) is 9.95. The van der Waals surface area contributed by atoms with E-state index in [1.54, 1.807) is 23.1 Å². The Balaban J connectivity index is 1.58. The van der Waals surface area contributed by atoms with Gasteiger partial charge in [0.25, 0.3) is 0 Å². The lowest BCUT2D eigenvalue weighted by molar-refractivity contribution is -0.127. The first-order chi connectivity index (χ1) is 14.3. The number of carbonyl (C=O) groups excluding carboxylic acids is 3. The summed E-state index contributed by atoms with van der Waals surface area (Å²) >= 11 is 6.11. The third-order valence-corrected chi connectivity index (χ3v) is 5.26. The van der Waals surface area contributed by atoms with Gasteiger partial charge in [-0.3, -0.25) is 14.4 Å². The smallest absolute Gasteiger partial charge is 0.243 e. The molecule has 8 heteroatoms. The molecule has 30 heavy (non-hydrogen) atoms. The Labute approximate surface area is 180 Å². The van der Waals surface area contributed by atoms with Gasteiger partial charge in [0.2, 0.25) is 17.7 Å². The molecule has 1 atom stereocenters. The zero-order valence-electron chi connectivity index (χ0n) is 17.1. The van der Waals surface area contributed by atoms with Crippen LogP contribution in [0.25, 0.3) is 0 Å². The van der Waals surface area contributed by atoms with Gasteiger partial charge in [0.05, 0.1) is 36.0 Å². The second kappa shape index (κ2) is 9.17. The van der Waals surface area contributed by atoms with Crippen molar-refractivity contribution in [3.63, 3.8) is 0 Å². The molecule has 2 N–H and O–H groups in total. The molecule has 0 radical (unpaired) electrons. The van der Waals surface area contributed by atoms with Gasteiger partial charge < -0.3 is 20.3 Å². The summed E-state index contributed by atoms with van der Waals surface area (Å²) in [5.74, 6) is -0.865. The topological polar surface area (TPSA) is 87.7 Å². The average molecular weight is 430 g/mol. The molecule has 0 saturated carbocycles. The zero-order valence-corrected chi connectivity index (χ0v) is 17.9. The predicted octanol–water partition coefficient (Wildman–Crippen LogP) is 3.07. The number of methoxy groups -OCH3 is 1. The van der Waals surface area contributed by atoms with E-state index in [0.717, 1.165) is 11.1 Å². The lowest BCUT2D eigenvalue weighted by Crippen LogP contribution is -2.38. The predicted molar refractivity (Wildman–Crippen MR) is 116 cm³/mol. The van der Waals surface area contributed by atoms with Crippen LogP contribution in [-0.4, -0.2) is 37.9 Å². The molecule has 3 rings (SSSR count). The van der Waals surface area contributed by atoms with Gasteiger partial charge in [-0.2, -0.15) is 0 Å². The van der Waals surface area contributed by atoms with Gasteiger partial charge in [-0.15, -0.1) is 0 Å². The number of aryl methyl sites for hydroxylation is 2. The quantitative estimate of drug-likeness (QED) is 0.738. The van der Waals surface area contributed by atoms with Gasteiger partial charge in [-0.25, -0.2) is 0 Å². The molecule has 1 fully saturated rings. The minimum Gasteiger partial charge on any atom is -0.495 e. The molecule has 0 spiro atoms. The number of nitrogens with one attached hydrogen (secondary N) is 2. The molecule has 7 nitrogen and oxygen atoms in total. The lowest BCUT2D eigenvalue weighted by atomic mass is 10.1. The van der Waals surface area contributed by atoms with E-state index in [1.165, 1.54) is 7.11 Å². The molecule has 1 aliphatic rings. The molecule has 0 bridgehead atoms. The van der Waals surface area contributed by atoms with Crippen LogP contribution in [0.15, 0.2) is 36.4 Å². The number of hydrogen-bond donors (Lipinski definition) is 2. The van der Waals surface area contributed by atoms with Gasteiger partial charge in [0, 0.05) is 13.0 Å². The van der Waals surface area contributed by atoms with E-state index < -0.39 is 11.8 Å². The van der Waals surface area contributed by atoms with E-state index in [9.17, 15) is 14.4 Å². The van der Waals surface area contributed by atoms with Crippen molar-refractivity contribution in [1.29, 1.82) is 0 Å². The first-order valence-electron chi connectivity index (χ1n) is 9.57. The second-order valence-electron chi connectivity index (χ2n) is 7.33. The first kappa shape index (κ1) is 21.6. The average Bonchev–Trinajstić information content (AvgIpc) is 3.10. The van der Waals surface area contributed by atoms with Gasteiger partial charge in [-0.1, -0.05) is 23.7 Å². The molecule has 1 heterocycles. The van der Waals surface area contributed by atoms with E-state index in [0.29, 0.717) is 22.1 Å². The number of benzene rings is 2. The number of hydrogen-bond acceptors (Lipinski definition) is 4. The summed E-state index contributed by atoms with van der Waals surface area (Å²) in [7, 11) is 1.54. The number of carbonyl (C=O) groups is 3. The Hall–Kier alpha value is -3.06. The molecule has 158 valence electrons. The van der Waals surface area contributed by atoms with E-state index in [1.807, 2.05) is 32.0 Å². The largest absolute Gasteiger partial charge is 0.495 e. The number of halogens is 1. The Kier molecular flexibility index (Phi) is 6.62. The van der Waals surface area contributed by atoms with Gasteiger partial charge in [0.15, 0.2) is 0 Å². The highest BCUT2D eigenvalue weighted by Crippen LogP contribution is 2.34. The molecule has 0 unspecified atom stereocenters. The van der Waals surface area contributed by atoms with E-state index in [2.05, 4.69) is 10.6 Å². The molecule has 3 amide bonds. The summed E-state index contributed by atoms with van der Waals surface area (Å²) in [4.78, 5) is 38.8. The highest BCUT2D eigenvalue weighted by molar-refractivity contribution is 6.33. The SMILES string of the molecule is COc1ccc(C)cc1N1C[C@H](C(=O)NCC(=O)Nc2ccc(C)cc2Cl)CC1=O. The van der Waals surface area contributed by atoms with Crippen molar-refractivity contribution in [3.8, 4) is 5.75 Å². The van der Waals surface area contributed by atoms with Gasteiger partial charge in [-0.05, 0) is 49.2 Å². The zero-order chi connectivity index (χ0) is 21.8. The maximum absolute atomic E-state index is 12.5. The van der Waals surface area contributed by atoms with Crippen LogP contribution < -0.4 is 20.3 Å². The number of amides is 3. The molecular formula is C22H24ClN3O4. The van der Waals surface area contributed by atoms with Crippen LogP contribution in [0.1, 0.15) is 17.5 Å². The summed E-state index contributed by atoms with van der Waals surface area (Å²) < 4.78 is 5.35. The number of anilines is 2. The lowest BCUT2D eigenvalue weighted by Gasteiger charge is -2.20. The van der Waals surface area contributed by atoms with Crippen molar-refractivity contribution < 1.29 is 19.1 Å². The van der Waals surface area contributed by atoms with Crippen LogP contribution in [0.3, 0.4) is 0 Å².